The average molecular weight is 214 g/mol. The van der Waals surface area contributed by atoms with Crippen molar-refractivity contribution < 1.29 is 9.90 Å². The zero-order valence-electron chi connectivity index (χ0n) is 7.90. The van der Waals surface area contributed by atoms with Gasteiger partial charge in [0.1, 0.15) is 0 Å². The third-order valence-corrected chi connectivity index (χ3v) is 3.71. The fraction of sp³-hybridized carbons (Fsp3) is 0.778. The molecule has 0 amide bonds. The molecular weight excluding hydrogens is 200 g/mol. The van der Waals surface area contributed by atoms with E-state index in [0.717, 1.165) is 24.6 Å². The van der Waals surface area contributed by atoms with E-state index in [4.69, 9.17) is 5.11 Å². The molecule has 2 aliphatic heterocycles. The van der Waals surface area contributed by atoms with Gasteiger partial charge in [-0.2, -0.15) is 0 Å². The summed E-state index contributed by atoms with van der Waals surface area (Å²) in [6, 6.07) is -0.496. The normalized spacial score (nSPS) is 31.9. The van der Waals surface area contributed by atoms with Gasteiger partial charge in [-0.05, 0) is 31.8 Å². The lowest BCUT2D eigenvalue weighted by Crippen LogP contribution is -2.17. The van der Waals surface area contributed by atoms with E-state index in [9.17, 15) is 4.79 Å². The Morgan fingerprint density at radius 2 is 2.57 bits per heavy atom. The van der Waals surface area contributed by atoms with Gasteiger partial charge in [-0.25, -0.2) is 4.79 Å². The van der Waals surface area contributed by atoms with Crippen LogP contribution in [-0.4, -0.2) is 41.0 Å². The quantitative estimate of drug-likeness (QED) is 0.721. The predicted molar refractivity (Wildman–Crippen MR) is 56.9 cm³/mol. The molecule has 2 aliphatic rings. The van der Waals surface area contributed by atoms with Crippen LogP contribution in [0.4, 0.5) is 0 Å². The smallest absolute Gasteiger partial charge is 0.329 e. The molecule has 0 radical (unpaired) electrons. The number of hydrogen-bond acceptors (Lipinski definition) is 4. The van der Waals surface area contributed by atoms with Crippen LogP contribution >= 0.6 is 11.8 Å². The van der Waals surface area contributed by atoms with E-state index in [1.54, 1.807) is 11.8 Å². The number of aliphatic carboxylic acids is 1. The maximum absolute atomic E-state index is 10.7. The van der Waals surface area contributed by atoms with Crippen molar-refractivity contribution in [1.82, 2.24) is 5.32 Å². The molecule has 0 aromatic rings. The third-order valence-electron chi connectivity index (χ3n) is 2.62. The molecule has 2 rings (SSSR count). The summed E-state index contributed by atoms with van der Waals surface area (Å²) in [5, 5.41) is 13.1. The average Bonchev–Trinajstić information content (AvgIpc) is 2.75. The van der Waals surface area contributed by atoms with Crippen molar-refractivity contribution in [3.05, 3.63) is 0 Å². The van der Waals surface area contributed by atoms with Gasteiger partial charge in [-0.15, -0.1) is 11.8 Å². The lowest BCUT2D eigenvalue weighted by molar-refractivity contribution is -0.137. The Balaban J connectivity index is 1.86. The lowest BCUT2D eigenvalue weighted by atomic mass is 10.1. The Kier molecular flexibility index (Phi) is 3.08. The van der Waals surface area contributed by atoms with Crippen molar-refractivity contribution in [2.24, 2.45) is 10.9 Å². The molecule has 0 spiro atoms. The first-order valence-electron chi connectivity index (χ1n) is 4.88. The molecule has 0 aromatic heterocycles. The second-order valence-electron chi connectivity index (χ2n) is 3.75. The standard InChI is InChI=1S/C9H14N2O2S/c12-9(13)7-5-14-8(11-7)3-6-1-2-10-4-6/h6-7,10H,1-5H2,(H,12,13). The van der Waals surface area contributed by atoms with Crippen LogP contribution in [0, 0.1) is 5.92 Å². The lowest BCUT2D eigenvalue weighted by Gasteiger charge is -2.05. The summed E-state index contributed by atoms with van der Waals surface area (Å²) in [4.78, 5) is 14.9. The van der Waals surface area contributed by atoms with Gasteiger partial charge >= 0.3 is 5.97 Å². The summed E-state index contributed by atoms with van der Waals surface area (Å²) < 4.78 is 0. The van der Waals surface area contributed by atoms with E-state index >= 15 is 0 Å². The molecule has 14 heavy (non-hydrogen) atoms. The Labute approximate surface area is 87.2 Å². The molecule has 2 heterocycles. The summed E-state index contributed by atoms with van der Waals surface area (Å²) in [6.07, 6.45) is 2.15. The molecule has 2 unspecified atom stereocenters. The van der Waals surface area contributed by atoms with Crippen molar-refractivity contribution >= 4 is 22.8 Å². The van der Waals surface area contributed by atoms with Gasteiger partial charge in [-0.1, -0.05) is 0 Å². The number of carbonyl (C=O) groups is 1. The molecule has 0 saturated carbocycles. The SMILES string of the molecule is O=C(O)C1CSC(CC2CCNC2)=N1. The largest absolute Gasteiger partial charge is 0.480 e. The Morgan fingerprint density at radius 3 is 3.14 bits per heavy atom. The van der Waals surface area contributed by atoms with E-state index in [1.807, 2.05) is 0 Å². The number of nitrogens with one attached hydrogen (secondary N) is 1. The van der Waals surface area contributed by atoms with Gasteiger partial charge in [0.05, 0.1) is 5.04 Å². The zero-order chi connectivity index (χ0) is 9.97. The van der Waals surface area contributed by atoms with E-state index in [1.165, 1.54) is 6.42 Å². The number of carboxylic acid groups (broad SMARTS) is 1. The minimum Gasteiger partial charge on any atom is -0.480 e. The van der Waals surface area contributed by atoms with Crippen LogP contribution in [0.3, 0.4) is 0 Å². The molecule has 1 fully saturated rings. The first kappa shape index (κ1) is 9.98. The zero-order valence-corrected chi connectivity index (χ0v) is 8.72. The highest BCUT2D eigenvalue weighted by atomic mass is 32.2. The second kappa shape index (κ2) is 4.31. The van der Waals surface area contributed by atoms with Crippen LogP contribution in [0.5, 0.6) is 0 Å². The Morgan fingerprint density at radius 1 is 1.71 bits per heavy atom. The van der Waals surface area contributed by atoms with Gasteiger partial charge in [0.15, 0.2) is 6.04 Å². The molecule has 1 saturated heterocycles. The minimum absolute atomic E-state index is 0.496. The van der Waals surface area contributed by atoms with E-state index < -0.39 is 12.0 Å². The molecule has 0 aromatic carbocycles. The number of thioether (sulfide) groups is 1. The van der Waals surface area contributed by atoms with Gasteiger partial charge < -0.3 is 10.4 Å². The number of carboxylic acids is 1. The third kappa shape index (κ3) is 2.27. The predicted octanol–water partition coefficient (Wildman–Crippen LogP) is 0.585. The maximum Gasteiger partial charge on any atom is 0.329 e. The van der Waals surface area contributed by atoms with Crippen LogP contribution in [0.25, 0.3) is 0 Å². The van der Waals surface area contributed by atoms with Gasteiger partial charge in [-0.3, -0.25) is 4.99 Å². The number of nitrogens with zero attached hydrogens (tertiary/aromatic N) is 1. The minimum atomic E-state index is -0.794. The fourth-order valence-corrected chi connectivity index (χ4v) is 2.92. The molecule has 2 N–H and O–H groups in total. The molecule has 0 aliphatic carbocycles. The Bertz CT molecular complexity index is 262. The maximum atomic E-state index is 10.7. The first-order chi connectivity index (χ1) is 6.75. The van der Waals surface area contributed by atoms with E-state index in [2.05, 4.69) is 10.3 Å². The topological polar surface area (TPSA) is 61.7 Å². The van der Waals surface area contributed by atoms with E-state index in [0.29, 0.717) is 11.7 Å². The van der Waals surface area contributed by atoms with Crippen molar-refractivity contribution in [3.8, 4) is 0 Å². The summed E-state index contributed by atoms with van der Waals surface area (Å²) in [5.74, 6) is 0.482. The number of aliphatic imine (C=N–C) groups is 1. The van der Waals surface area contributed by atoms with Crippen LogP contribution in [0.2, 0.25) is 0 Å². The van der Waals surface area contributed by atoms with Crippen LogP contribution in [0.15, 0.2) is 4.99 Å². The first-order valence-corrected chi connectivity index (χ1v) is 5.87. The van der Waals surface area contributed by atoms with Crippen molar-refractivity contribution in [2.75, 3.05) is 18.8 Å². The van der Waals surface area contributed by atoms with Crippen LogP contribution in [0.1, 0.15) is 12.8 Å². The Hall–Kier alpha value is -0.550. The summed E-state index contributed by atoms with van der Waals surface area (Å²) in [7, 11) is 0. The molecule has 0 bridgehead atoms. The van der Waals surface area contributed by atoms with Crippen LogP contribution < -0.4 is 5.32 Å². The summed E-state index contributed by atoms with van der Waals surface area (Å²) in [5.41, 5.74) is 0. The molecule has 78 valence electrons. The summed E-state index contributed by atoms with van der Waals surface area (Å²) in [6.45, 7) is 2.14. The highest BCUT2D eigenvalue weighted by Crippen LogP contribution is 2.25. The van der Waals surface area contributed by atoms with Gasteiger partial charge in [0, 0.05) is 5.75 Å². The highest BCUT2D eigenvalue weighted by molar-refractivity contribution is 8.14. The van der Waals surface area contributed by atoms with E-state index in [-0.39, 0.29) is 0 Å². The highest BCUT2D eigenvalue weighted by Gasteiger charge is 2.26. The molecule has 5 heteroatoms. The number of rotatable bonds is 3. The molecule has 4 nitrogen and oxygen atoms in total. The van der Waals surface area contributed by atoms with Crippen LogP contribution in [-0.2, 0) is 4.79 Å². The second-order valence-corrected chi connectivity index (χ2v) is 4.84. The summed E-state index contributed by atoms with van der Waals surface area (Å²) >= 11 is 1.61. The van der Waals surface area contributed by atoms with Crippen molar-refractivity contribution in [3.63, 3.8) is 0 Å². The molecular formula is C9H14N2O2S. The number of hydrogen-bond donors (Lipinski definition) is 2. The van der Waals surface area contributed by atoms with Crippen molar-refractivity contribution in [1.29, 1.82) is 0 Å². The monoisotopic (exact) mass is 214 g/mol. The fourth-order valence-electron chi connectivity index (χ4n) is 1.80. The van der Waals surface area contributed by atoms with Gasteiger partial charge in [0.25, 0.3) is 0 Å². The van der Waals surface area contributed by atoms with Crippen molar-refractivity contribution in [2.45, 2.75) is 18.9 Å². The molecule has 2 atom stereocenters. The van der Waals surface area contributed by atoms with Gasteiger partial charge in [0.2, 0.25) is 0 Å².